The molecule has 6 nitrogen and oxygen atoms in total. The van der Waals surface area contributed by atoms with Crippen molar-refractivity contribution in [1.29, 1.82) is 0 Å². The topological polar surface area (TPSA) is 89.5 Å². The summed E-state index contributed by atoms with van der Waals surface area (Å²) >= 11 is 0. The van der Waals surface area contributed by atoms with Crippen molar-refractivity contribution in [3.63, 3.8) is 0 Å². The first-order valence-electron chi connectivity index (χ1n) is 8.41. The number of carbonyl (C=O) groups is 2. The quantitative estimate of drug-likeness (QED) is 0.767. The van der Waals surface area contributed by atoms with Gasteiger partial charge in [-0.25, -0.2) is 13.2 Å². The van der Waals surface area contributed by atoms with Crippen LogP contribution in [0.4, 0.5) is 5.69 Å². The third-order valence-corrected chi connectivity index (χ3v) is 4.78. The minimum atomic E-state index is -3.15. The fourth-order valence-corrected chi connectivity index (χ4v) is 3.22. The molecule has 0 saturated carbocycles. The van der Waals surface area contributed by atoms with Gasteiger partial charge in [0.15, 0.2) is 15.9 Å². The zero-order valence-electron chi connectivity index (χ0n) is 15.8. The molecule has 0 radical (unpaired) electrons. The van der Waals surface area contributed by atoms with Crippen molar-refractivity contribution in [1.82, 2.24) is 0 Å². The highest BCUT2D eigenvalue weighted by Crippen LogP contribution is 2.17. The Morgan fingerprint density at radius 1 is 1.07 bits per heavy atom. The summed E-state index contributed by atoms with van der Waals surface area (Å²) in [6.45, 7) is 5.30. The van der Waals surface area contributed by atoms with Gasteiger partial charge in [-0.1, -0.05) is 24.3 Å². The molecule has 144 valence electrons. The highest BCUT2D eigenvalue weighted by molar-refractivity contribution is 7.89. The van der Waals surface area contributed by atoms with Crippen molar-refractivity contribution in [2.45, 2.75) is 32.6 Å². The molecule has 2 aromatic carbocycles. The van der Waals surface area contributed by atoms with Crippen molar-refractivity contribution >= 4 is 27.4 Å². The standard InChI is InChI=1S/C20H23NO5S/c1-13-5-6-14(2)18(11-13)21-19(22)15(3)26-20(23)17-9-7-16(8-10-17)12-27(4,24)25/h5-11,15H,12H2,1-4H3,(H,21,22)/t15-/m0/s1. The fraction of sp³-hybridized carbons (Fsp3) is 0.300. The Labute approximate surface area is 159 Å². The van der Waals surface area contributed by atoms with Gasteiger partial charge in [0.05, 0.1) is 11.3 Å². The summed E-state index contributed by atoms with van der Waals surface area (Å²) in [6.07, 6.45) is 0.166. The van der Waals surface area contributed by atoms with Gasteiger partial charge < -0.3 is 10.1 Å². The van der Waals surface area contributed by atoms with E-state index in [0.717, 1.165) is 17.4 Å². The maximum Gasteiger partial charge on any atom is 0.338 e. The number of amides is 1. The number of benzene rings is 2. The molecule has 0 aromatic heterocycles. The number of rotatable bonds is 6. The number of anilines is 1. The number of esters is 1. The molecule has 0 fully saturated rings. The van der Waals surface area contributed by atoms with Crippen molar-refractivity contribution < 1.29 is 22.7 Å². The van der Waals surface area contributed by atoms with Crippen LogP contribution in [0.15, 0.2) is 42.5 Å². The van der Waals surface area contributed by atoms with Crippen molar-refractivity contribution in [3.8, 4) is 0 Å². The van der Waals surface area contributed by atoms with E-state index in [-0.39, 0.29) is 11.3 Å². The molecule has 0 aliphatic rings. The van der Waals surface area contributed by atoms with Gasteiger partial charge in [0.25, 0.3) is 5.91 Å². The molecule has 1 amide bonds. The molecule has 0 aliphatic heterocycles. The second kappa shape index (κ2) is 8.35. The van der Waals surface area contributed by atoms with Crippen LogP contribution >= 0.6 is 0 Å². The summed E-state index contributed by atoms with van der Waals surface area (Å²) < 4.78 is 27.8. The lowest BCUT2D eigenvalue weighted by molar-refractivity contribution is -0.123. The Kier molecular flexibility index (Phi) is 6.38. The lowest BCUT2D eigenvalue weighted by Crippen LogP contribution is -2.30. The molecule has 1 N–H and O–H groups in total. The fourth-order valence-electron chi connectivity index (χ4n) is 2.43. The van der Waals surface area contributed by atoms with E-state index >= 15 is 0 Å². The van der Waals surface area contributed by atoms with Gasteiger partial charge in [-0.15, -0.1) is 0 Å². The van der Waals surface area contributed by atoms with E-state index in [4.69, 9.17) is 4.74 Å². The van der Waals surface area contributed by atoms with Crippen LogP contribution in [-0.2, 0) is 25.1 Å². The first kappa shape index (κ1) is 20.6. The maximum atomic E-state index is 12.3. The van der Waals surface area contributed by atoms with Crippen LogP contribution in [0.3, 0.4) is 0 Å². The van der Waals surface area contributed by atoms with Crippen LogP contribution in [0.1, 0.15) is 34.0 Å². The van der Waals surface area contributed by atoms with Gasteiger partial charge in [-0.05, 0) is 55.7 Å². The van der Waals surface area contributed by atoms with Crippen molar-refractivity contribution in [2.75, 3.05) is 11.6 Å². The van der Waals surface area contributed by atoms with Crippen molar-refractivity contribution in [2.24, 2.45) is 0 Å². The van der Waals surface area contributed by atoms with Crippen LogP contribution < -0.4 is 5.32 Å². The summed E-state index contributed by atoms with van der Waals surface area (Å²) in [5, 5.41) is 2.76. The minimum absolute atomic E-state index is 0.100. The summed E-state index contributed by atoms with van der Waals surface area (Å²) in [7, 11) is -3.15. The summed E-state index contributed by atoms with van der Waals surface area (Å²) in [5.41, 5.74) is 3.42. The van der Waals surface area contributed by atoms with Gasteiger partial charge in [0, 0.05) is 11.9 Å². The van der Waals surface area contributed by atoms with E-state index in [9.17, 15) is 18.0 Å². The molecule has 0 heterocycles. The highest BCUT2D eigenvalue weighted by atomic mass is 32.2. The third-order valence-electron chi connectivity index (χ3n) is 3.92. The zero-order valence-corrected chi connectivity index (χ0v) is 16.6. The summed E-state index contributed by atoms with van der Waals surface area (Å²) in [5.74, 6) is -1.17. The number of carbonyl (C=O) groups excluding carboxylic acids is 2. The molecule has 7 heteroatoms. The van der Waals surface area contributed by atoms with E-state index in [2.05, 4.69) is 5.32 Å². The lowest BCUT2D eigenvalue weighted by atomic mass is 10.1. The van der Waals surface area contributed by atoms with Crippen LogP contribution in [0.5, 0.6) is 0 Å². The summed E-state index contributed by atoms with van der Waals surface area (Å²) in [4.78, 5) is 24.5. The number of aryl methyl sites for hydroxylation is 2. The van der Waals surface area contributed by atoms with Crippen LogP contribution in [0, 0.1) is 13.8 Å². The molecular formula is C20H23NO5S. The molecule has 2 rings (SSSR count). The summed E-state index contributed by atoms with van der Waals surface area (Å²) in [6, 6.07) is 11.8. The molecule has 1 atom stereocenters. The van der Waals surface area contributed by atoms with Gasteiger partial charge in [0.2, 0.25) is 0 Å². The minimum Gasteiger partial charge on any atom is -0.449 e. The number of nitrogens with one attached hydrogen (secondary N) is 1. The smallest absolute Gasteiger partial charge is 0.338 e. The molecule has 0 bridgehead atoms. The second-order valence-corrected chi connectivity index (χ2v) is 8.76. The average molecular weight is 389 g/mol. The maximum absolute atomic E-state index is 12.3. The molecule has 0 spiro atoms. The molecule has 0 unspecified atom stereocenters. The first-order chi connectivity index (χ1) is 12.5. The number of hydrogen-bond donors (Lipinski definition) is 1. The van der Waals surface area contributed by atoms with Crippen LogP contribution in [-0.4, -0.2) is 32.7 Å². The van der Waals surface area contributed by atoms with E-state index in [0.29, 0.717) is 11.3 Å². The van der Waals surface area contributed by atoms with Crippen LogP contribution in [0.25, 0.3) is 0 Å². The Hall–Kier alpha value is -2.67. The lowest BCUT2D eigenvalue weighted by Gasteiger charge is -2.15. The van der Waals surface area contributed by atoms with E-state index in [1.165, 1.54) is 19.1 Å². The predicted octanol–water partition coefficient (Wildman–Crippen LogP) is 3.03. The van der Waals surface area contributed by atoms with Crippen LogP contribution in [0.2, 0.25) is 0 Å². The van der Waals surface area contributed by atoms with Gasteiger partial charge >= 0.3 is 5.97 Å². The first-order valence-corrected chi connectivity index (χ1v) is 10.5. The molecular weight excluding hydrogens is 366 g/mol. The normalized spacial score (nSPS) is 12.3. The van der Waals surface area contributed by atoms with E-state index in [1.807, 2.05) is 32.0 Å². The van der Waals surface area contributed by atoms with Gasteiger partial charge in [-0.3, -0.25) is 4.79 Å². The Morgan fingerprint density at radius 2 is 1.70 bits per heavy atom. The van der Waals surface area contributed by atoms with Crippen molar-refractivity contribution in [3.05, 3.63) is 64.7 Å². The Morgan fingerprint density at radius 3 is 2.30 bits per heavy atom. The molecule has 2 aromatic rings. The van der Waals surface area contributed by atoms with Gasteiger partial charge in [-0.2, -0.15) is 0 Å². The number of ether oxygens (including phenoxy) is 1. The number of sulfone groups is 1. The highest BCUT2D eigenvalue weighted by Gasteiger charge is 2.20. The van der Waals surface area contributed by atoms with E-state index in [1.54, 1.807) is 12.1 Å². The third kappa shape index (κ3) is 6.21. The predicted molar refractivity (Wildman–Crippen MR) is 104 cm³/mol. The zero-order chi connectivity index (χ0) is 20.2. The Bertz CT molecular complexity index is 949. The molecule has 27 heavy (non-hydrogen) atoms. The average Bonchev–Trinajstić information content (AvgIpc) is 2.57. The largest absolute Gasteiger partial charge is 0.449 e. The molecule has 0 saturated heterocycles. The monoisotopic (exact) mass is 389 g/mol. The second-order valence-electron chi connectivity index (χ2n) is 6.62. The number of hydrogen-bond acceptors (Lipinski definition) is 5. The SMILES string of the molecule is Cc1ccc(C)c(NC(=O)[C@H](C)OC(=O)c2ccc(CS(C)(=O)=O)cc2)c1. The molecule has 0 aliphatic carbocycles. The Balaban J connectivity index is 2.00. The van der Waals surface area contributed by atoms with E-state index < -0.39 is 27.8 Å². The van der Waals surface area contributed by atoms with Gasteiger partial charge in [0.1, 0.15) is 0 Å².